The van der Waals surface area contributed by atoms with Crippen molar-refractivity contribution in [2.75, 3.05) is 33.7 Å². The van der Waals surface area contributed by atoms with E-state index in [1.165, 1.54) is 0 Å². The molecule has 0 aromatic rings. The van der Waals surface area contributed by atoms with E-state index >= 15 is 0 Å². The topological polar surface area (TPSA) is 35.6 Å². The Morgan fingerprint density at radius 2 is 2.21 bits per heavy atom. The second-order valence-electron chi connectivity index (χ2n) is 4.40. The summed E-state index contributed by atoms with van der Waals surface area (Å²) >= 11 is 0. The fourth-order valence-corrected chi connectivity index (χ4v) is 1.86. The van der Waals surface area contributed by atoms with Crippen LogP contribution in [0.4, 0.5) is 4.79 Å². The molecule has 0 aliphatic carbocycles. The minimum Gasteiger partial charge on any atom is -0.322 e. The molecule has 2 amide bonds. The number of carbonyl (C=O) groups is 1. The molecule has 4 heteroatoms. The highest BCUT2D eigenvalue weighted by atomic mass is 16.2. The van der Waals surface area contributed by atoms with Crippen LogP contribution in [-0.2, 0) is 0 Å². The quantitative estimate of drug-likeness (QED) is 0.719. The van der Waals surface area contributed by atoms with Gasteiger partial charge in [-0.2, -0.15) is 0 Å². The zero-order valence-electron chi connectivity index (χ0n) is 9.58. The number of likely N-dealkylation sites (N-methyl/N-ethyl adjacent to an activating group) is 2. The van der Waals surface area contributed by atoms with E-state index in [0.717, 1.165) is 19.6 Å². The average Bonchev–Trinajstić information content (AvgIpc) is 2.34. The van der Waals surface area contributed by atoms with Crippen LogP contribution in [0.3, 0.4) is 0 Å². The number of carbonyl (C=O) groups excluding carboxylic acids is 1. The lowest BCUT2D eigenvalue weighted by molar-refractivity contribution is 0.191. The van der Waals surface area contributed by atoms with Gasteiger partial charge in [0.15, 0.2) is 0 Å². The molecule has 82 valence electrons. The van der Waals surface area contributed by atoms with E-state index < -0.39 is 0 Å². The molecular formula is C10H21N3O. The number of rotatable bonds is 4. The molecule has 1 fully saturated rings. The average molecular weight is 199 g/mol. The summed E-state index contributed by atoms with van der Waals surface area (Å²) < 4.78 is 0. The molecule has 0 aromatic heterocycles. The molecule has 1 aliphatic heterocycles. The van der Waals surface area contributed by atoms with Crippen LogP contribution in [0.25, 0.3) is 0 Å². The molecule has 0 spiro atoms. The standard InChI is InChI=1S/C10H21N3O/c1-8(2)6-13-7-9(5-11-3)12(4)10(13)14/h8-9,11H,5-7H2,1-4H3. The molecule has 0 saturated carbocycles. The molecule has 1 saturated heterocycles. The highest BCUT2D eigenvalue weighted by Crippen LogP contribution is 2.14. The molecular weight excluding hydrogens is 178 g/mol. The molecule has 0 radical (unpaired) electrons. The van der Waals surface area contributed by atoms with Gasteiger partial charge in [0, 0.05) is 26.7 Å². The van der Waals surface area contributed by atoms with E-state index in [1.54, 1.807) is 0 Å². The van der Waals surface area contributed by atoms with Crippen molar-refractivity contribution >= 4 is 6.03 Å². The summed E-state index contributed by atoms with van der Waals surface area (Å²) in [5, 5.41) is 3.11. The molecule has 4 nitrogen and oxygen atoms in total. The Balaban J connectivity index is 2.53. The zero-order chi connectivity index (χ0) is 10.7. The maximum Gasteiger partial charge on any atom is 0.320 e. The van der Waals surface area contributed by atoms with Gasteiger partial charge in [-0.1, -0.05) is 13.8 Å². The third kappa shape index (κ3) is 2.38. The van der Waals surface area contributed by atoms with Gasteiger partial charge in [-0.25, -0.2) is 4.79 Å². The van der Waals surface area contributed by atoms with Crippen LogP contribution in [-0.4, -0.2) is 55.6 Å². The van der Waals surface area contributed by atoms with Gasteiger partial charge < -0.3 is 15.1 Å². The fraction of sp³-hybridized carbons (Fsp3) is 0.900. The summed E-state index contributed by atoms with van der Waals surface area (Å²) in [4.78, 5) is 15.5. The molecule has 1 rings (SSSR count). The Labute approximate surface area is 86.2 Å². The molecule has 0 bridgehead atoms. The normalized spacial score (nSPS) is 22.6. The van der Waals surface area contributed by atoms with Crippen LogP contribution >= 0.6 is 0 Å². The predicted molar refractivity (Wildman–Crippen MR) is 57.3 cm³/mol. The zero-order valence-corrected chi connectivity index (χ0v) is 9.58. The van der Waals surface area contributed by atoms with Crippen LogP contribution < -0.4 is 5.32 Å². The Morgan fingerprint density at radius 3 is 2.71 bits per heavy atom. The first kappa shape index (κ1) is 11.3. The lowest BCUT2D eigenvalue weighted by atomic mass is 10.2. The minimum atomic E-state index is 0.166. The lowest BCUT2D eigenvalue weighted by Crippen LogP contribution is -2.37. The van der Waals surface area contributed by atoms with Crippen LogP contribution in [0.2, 0.25) is 0 Å². The number of nitrogens with one attached hydrogen (secondary N) is 1. The Bertz CT molecular complexity index is 206. The van der Waals surface area contributed by atoms with Crippen molar-refractivity contribution in [3.63, 3.8) is 0 Å². The van der Waals surface area contributed by atoms with Gasteiger partial charge in [0.2, 0.25) is 0 Å². The van der Waals surface area contributed by atoms with Crippen LogP contribution in [0, 0.1) is 5.92 Å². The predicted octanol–water partition coefficient (Wildman–Crippen LogP) is 0.598. The van der Waals surface area contributed by atoms with E-state index in [2.05, 4.69) is 19.2 Å². The number of nitrogens with zero attached hydrogens (tertiary/aromatic N) is 2. The largest absolute Gasteiger partial charge is 0.322 e. The Kier molecular flexibility index (Phi) is 3.75. The summed E-state index contributed by atoms with van der Waals surface area (Å²) in [6.07, 6.45) is 0. The van der Waals surface area contributed by atoms with Gasteiger partial charge >= 0.3 is 6.03 Å². The Hall–Kier alpha value is -0.770. The summed E-state index contributed by atoms with van der Waals surface area (Å²) in [6.45, 7) is 6.87. The molecule has 1 N–H and O–H groups in total. The van der Waals surface area contributed by atoms with E-state index in [9.17, 15) is 4.79 Å². The number of hydrogen-bond donors (Lipinski definition) is 1. The maximum absolute atomic E-state index is 11.8. The molecule has 1 heterocycles. The van der Waals surface area contributed by atoms with E-state index in [4.69, 9.17) is 0 Å². The van der Waals surface area contributed by atoms with Crippen molar-refractivity contribution in [2.45, 2.75) is 19.9 Å². The van der Waals surface area contributed by atoms with Crippen molar-refractivity contribution in [3.05, 3.63) is 0 Å². The van der Waals surface area contributed by atoms with Crippen molar-refractivity contribution in [3.8, 4) is 0 Å². The molecule has 14 heavy (non-hydrogen) atoms. The SMILES string of the molecule is CNCC1CN(CC(C)C)C(=O)N1C. The van der Waals surface area contributed by atoms with E-state index in [1.807, 2.05) is 23.9 Å². The molecule has 1 atom stereocenters. The van der Waals surface area contributed by atoms with Crippen molar-refractivity contribution in [2.24, 2.45) is 5.92 Å². The summed E-state index contributed by atoms with van der Waals surface area (Å²) in [7, 11) is 3.80. The maximum atomic E-state index is 11.8. The fourth-order valence-electron chi connectivity index (χ4n) is 1.86. The van der Waals surface area contributed by atoms with Crippen LogP contribution in [0.5, 0.6) is 0 Å². The first-order valence-corrected chi connectivity index (χ1v) is 5.22. The second-order valence-corrected chi connectivity index (χ2v) is 4.40. The van der Waals surface area contributed by atoms with Crippen molar-refractivity contribution in [1.82, 2.24) is 15.1 Å². The summed E-state index contributed by atoms with van der Waals surface area (Å²) in [5.41, 5.74) is 0. The molecule has 0 aromatic carbocycles. The Morgan fingerprint density at radius 1 is 1.57 bits per heavy atom. The lowest BCUT2D eigenvalue weighted by Gasteiger charge is -2.17. The molecule has 1 unspecified atom stereocenters. The van der Waals surface area contributed by atoms with E-state index in [0.29, 0.717) is 12.0 Å². The number of hydrogen-bond acceptors (Lipinski definition) is 2. The minimum absolute atomic E-state index is 0.166. The van der Waals surface area contributed by atoms with Gasteiger partial charge in [0.25, 0.3) is 0 Å². The van der Waals surface area contributed by atoms with Crippen LogP contribution in [0.1, 0.15) is 13.8 Å². The third-order valence-electron chi connectivity index (χ3n) is 2.58. The first-order valence-electron chi connectivity index (χ1n) is 5.22. The number of urea groups is 1. The monoisotopic (exact) mass is 199 g/mol. The van der Waals surface area contributed by atoms with Gasteiger partial charge in [0.1, 0.15) is 0 Å². The van der Waals surface area contributed by atoms with Crippen molar-refractivity contribution in [1.29, 1.82) is 0 Å². The first-order chi connectivity index (χ1) is 6.56. The summed E-state index contributed by atoms with van der Waals surface area (Å²) in [6, 6.07) is 0.491. The highest BCUT2D eigenvalue weighted by Gasteiger charge is 2.33. The van der Waals surface area contributed by atoms with Crippen molar-refractivity contribution < 1.29 is 4.79 Å². The van der Waals surface area contributed by atoms with Gasteiger partial charge in [-0.3, -0.25) is 0 Å². The number of amides is 2. The smallest absolute Gasteiger partial charge is 0.320 e. The summed E-state index contributed by atoms with van der Waals surface area (Å²) in [5.74, 6) is 0.542. The van der Waals surface area contributed by atoms with E-state index in [-0.39, 0.29) is 6.03 Å². The molecule has 1 aliphatic rings. The second kappa shape index (κ2) is 4.64. The van der Waals surface area contributed by atoms with Gasteiger partial charge in [-0.05, 0) is 13.0 Å². The van der Waals surface area contributed by atoms with Gasteiger partial charge in [-0.15, -0.1) is 0 Å². The van der Waals surface area contributed by atoms with Crippen LogP contribution in [0.15, 0.2) is 0 Å². The van der Waals surface area contributed by atoms with Gasteiger partial charge in [0.05, 0.1) is 6.04 Å². The third-order valence-corrected chi connectivity index (χ3v) is 2.58. The highest BCUT2D eigenvalue weighted by molar-refractivity contribution is 5.76.